The van der Waals surface area contributed by atoms with E-state index in [0.717, 1.165) is 37.1 Å². The molecule has 0 aromatic heterocycles. The highest BCUT2D eigenvalue weighted by Gasteiger charge is 2.16. The topological polar surface area (TPSA) is 38.5 Å². The molecule has 1 fully saturated rings. The Morgan fingerprint density at radius 3 is 3.08 bits per heavy atom. The Labute approximate surface area is 88.0 Å². The van der Waals surface area contributed by atoms with E-state index >= 15 is 0 Å². The molecule has 0 aromatic rings. The summed E-state index contributed by atoms with van der Waals surface area (Å²) in [7, 11) is 0. The molecular weight excluding hydrogens is 232 g/mol. The molecule has 2 N–H and O–H groups in total. The van der Waals surface area contributed by atoms with E-state index in [4.69, 9.17) is 10.5 Å². The van der Waals surface area contributed by atoms with Gasteiger partial charge in [-0.1, -0.05) is 22.5 Å². The SMILES string of the molecule is C=C(Br)CN1CCCOC(CN)C1. The molecule has 1 saturated heterocycles. The molecule has 13 heavy (non-hydrogen) atoms. The van der Waals surface area contributed by atoms with Crippen LogP contribution in [0.4, 0.5) is 0 Å². The summed E-state index contributed by atoms with van der Waals surface area (Å²) in [5, 5.41) is 0. The zero-order chi connectivity index (χ0) is 9.68. The molecule has 1 aliphatic rings. The maximum Gasteiger partial charge on any atom is 0.0824 e. The van der Waals surface area contributed by atoms with Gasteiger partial charge in [0.15, 0.2) is 0 Å². The Morgan fingerprint density at radius 1 is 1.69 bits per heavy atom. The fourth-order valence-electron chi connectivity index (χ4n) is 1.50. The first-order valence-corrected chi connectivity index (χ1v) is 5.39. The maximum atomic E-state index is 5.58. The molecule has 0 saturated carbocycles. The van der Waals surface area contributed by atoms with Gasteiger partial charge >= 0.3 is 0 Å². The molecule has 1 unspecified atom stereocenters. The van der Waals surface area contributed by atoms with Crippen LogP contribution in [0.25, 0.3) is 0 Å². The van der Waals surface area contributed by atoms with Crippen molar-refractivity contribution in [2.45, 2.75) is 12.5 Å². The van der Waals surface area contributed by atoms with Gasteiger partial charge in [0.05, 0.1) is 6.10 Å². The minimum atomic E-state index is 0.189. The summed E-state index contributed by atoms with van der Waals surface area (Å²) >= 11 is 3.37. The summed E-state index contributed by atoms with van der Waals surface area (Å²) < 4.78 is 6.57. The lowest BCUT2D eigenvalue weighted by atomic mass is 10.3. The van der Waals surface area contributed by atoms with E-state index in [9.17, 15) is 0 Å². The van der Waals surface area contributed by atoms with Crippen molar-refractivity contribution in [3.8, 4) is 0 Å². The molecule has 0 aromatic carbocycles. The van der Waals surface area contributed by atoms with Crippen LogP contribution >= 0.6 is 15.9 Å². The van der Waals surface area contributed by atoms with Gasteiger partial charge < -0.3 is 10.5 Å². The average Bonchev–Trinajstić information content (AvgIpc) is 2.28. The molecule has 1 aliphatic heterocycles. The van der Waals surface area contributed by atoms with Crippen molar-refractivity contribution >= 4 is 15.9 Å². The number of ether oxygens (including phenoxy) is 1. The molecule has 0 aliphatic carbocycles. The average molecular weight is 249 g/mol. The first-order chi connectivity index (χ1) is 6.22. The minimum Gasteiger partial charge on any atom is -0.376 e. The van der Waals surface area contributed by atoms with Crippen LogP contribution < -0.4 is 5.73 Å². The lowest BCUT2D eigenvalue weighted by Crippen LogP contribution is -2.36. The van der Waals surface area contributed by atoms with Gasteiger partial charge in [0.25, 0.3) is 0 Å². The summed E-state index contributed by atoms with van der Waals surface area (Å²) in [4.78, 5) is 2.32. The lowest BCUT2D eigenvalue weighted by Gasteiger charge is -2.22. The van der Waals surface area contributed by atoms with Crippen LogP contribution in [-0.4, -0.2) is 43.8 Å². The van der Waals surface area contributed by atoms with Crippen molar-refractivity contribution in [2.75, 3.05) is 32.8 Å². The molecule has 0 bridgehead atoms. The Kier molecular flexibility index (Phi) is 4.94. The summed E-state index contributed by atoms with van der Waals surface area (Å²) in [6.07, 6.45) is 1.27. The largest absolute Gasteiger partial charge is 0.376 e. The number of hydrogen-bond donors (Lipinski definition) is 1. The van der Waals surface area contributed by atoms with Crippen LogP contribution in [-0.2, 0) is 4.74 Å². The van der Waals surface area contributed by atoms with Crippen LogP contribution in [0.5, 0.6) is 0 Å². The molecule has 3 nitrogen and oxygen atoms in total. The van der Waals surface area contributed by atoms with E-state index in [1.165, 1.54) is 0 Å². The van der Waals surface area contributed by atoms with E-state index in [1.54, 1.807) is 0 Å². The highest BCUT2D eigenvalue weighted by atomic mass is 79.9. The third-order valence-corrected chi connectivity index (χ3v) is 2.34. The first kappa shape index (κ1) is 11.2. The summed E-state index contributed by atoms with van der Waals surface area (Å²) in [6.45, 7) is 8.14. The number of nitrogens with zero attached hydrogens (tertiary/aromatic N) is 1. The van der Waals surface area contributed by atoms with Crippen LogP contribution in [0.3, 0.4) is 0 Å². The lowest BCUT2D eigenvalue weighted by molar-refractivity contribution is 0.0620. The van der Waals surface area contributed by atoms with Crippen molar-refractivity contribution in [2.24, 2.45) is 5.73 Å². The number of halogens is 1. The Hall–Kier alpha value is 0.1000. The molecule has 0 spiro atoms. The number of nitrogens with two attached hydrogens (primary N) is 1. The van der Waals surface area contributed by atoms with E-state index in [0.29, 0.717) is 6.54 Å². The van der Waals surface area contributed by atoms with Crippen molar-refractivity contribution in [3.05, 3.63) is 11.1 Å². The third-order valence-electron chi connectivity index (χ3n) is 2.09. The predicted molar refractivity (Wildman–Crippen MR) is 57.9 cm³/mol. The van der Waals surface area contributed by atoms with Gasteiger partial charge in [-0.15, -0.1) is 0 Å². The quantitative estimate of drug-likeness (QED) is 0.809. The molecular formula is C9H17BrN2O. The molecule has 1 rings (SSSR count). The second-order valence-corrected chi connectivity index (χ2v) is 4.46. The fourth-order valence-corrected chi connectivity index (χ4v) is 1.85. The smallest absolute Gasteiger partial charge is 0.0824 e. The van der Waals surface area contributed by atoms with E-state index in [2.05, 4.69) is 27.4 Å². The predicted octanol–water partition coefficient (Wildman–Crippen LogP) is 0.945. The highest BCUT2D eigenvalue weighted by molar-refractivity contribution is 9.11. The van der Waals surface area contributed by atoms with Crippen LogP contribution in [0.2, 0.25) is 0 Å². The molecule has 1 atom stereocenters. The molecule has 0 radical (unpaired) electrons. The van der Waals surface area contributed by atoms with Crippen LogP contribution in [0, 0.1) is 0 Å². The monoisotopic (exact) mass is 248 g/mol. The van der Waals surface area contributed by atoms with Gasteiger partial charge in [-0.05, 0) is 6.42 Å². The zero-order valence-electron chi connectivity index (χ0n) is 7.84. The summed E-state index contributed by atoms with van der Waals surface area (Å²) in [6, 6.07) is 0. The van der Waals surface area contributed by atoms with Crippen LogP contribution in [0.1, 0.15) is 6.42 Å². The third kappa shape index (κ3) is 4.22. The molecule has 0 amide bonds. The van der Waals surface area contributed by atoms with Crippen molar-refractivity contribution < 1.29 is 4.74 Å². The van der Waals surface area contributed by atoms with Crippen molar-refractivity contribution in [1.82, 2.24) is 4.90 Å². The minimum absolute atomic E-state index is 0.189. The maximum absolute atomic E-state index is 5.58. The molecule has 4 heteroatoms. The molecule has 1 heterocycles. The molecule has 76 valence electrons. The normalized spacial score (nSPS) is 25.5. The van der Waals surface area contributed by atoms with E-state index in [-0.39, 0.29) is 6.10 Å². The number of hydrogen-bond acceptors (Lipinski definition) is 3. The summed E-state index contributed by atoms with van der Waals surface area (Å²) in [5.74, 6) is 0. The standard InChI is InChI=1S/C9H17BrN2O/c1-8(10)6-12-3-2-4-13-9(5-11)7-12/h9H,1-7,11H2. The van der Waals surface area contributed by atoms with Gasteiger partial charge in [-0.2, -0.15) is 0 Å². The summed E-state index contributed by atoms with van der Waals surface area (Å²) in [5.41, 5.74) is 5.58. The number of rotatable bonds is 3. The van der Waals surface area contributed by atoms with E-state index in [1.807, 2.05) is 0 Å². The zero-order valence-corrected chi connectivity index (χ0v) is 9.42. The van der Waals surface area contributed by atoms with Gasteiger partial charge in [-0.25, -0.2) is 0 Å². The Morgan fingerprint density at radius 2 is 2.46 bits per heavy atom. The fraction of sp³-hybridized carbons (Fsp3) is 0.778. The van der Waals surface area contributed by atoms with Gasteiger partial charge in [0.2, 0.25) is 0 Å². The van der Waals surface area contributed by atoms with Crippen molar-refractivity contribution in [3.63, 3.8) is 0 Å². The van der Waals surface area contributed by atoms with Gasteiger partial charge in [0.1, 0.15) is 0 Å². The first-order valence-electron chi connectivity index (χ1n) is 4.59. The van der Waals surface area contributed by atoms with Gasteiger partial charge in [0, 0.05) is 37.3 Å². The Balaban J connectivity index is 2.39. The second-order valence-electron chi connectivity index (χ2n) is 3.33. The van der Waals surface area contributed by atoms with Gasteiger partial charge in [-0.3, -0.25) is 4.90 Å². The van der Waals surface area contributed by atoms with Crippen molar-refractivity contribution in [1.29, 1.82) is 0 Å². The van der Waals surface area contributed by atoms with Crippen LogP contribution in [0.15, 0.2) is 11.1 Å². The van der Waals surface area contributed by atoms with E-state index < -0.39 is 0 Å². The highest BCUT2D eigenvalue weighted by Crippen LogP contribution is 2.09. The second kappa shape index (κ2) is 5.75. The Bertz CT molecular complexity index is 175.